The van der Waals surface area contributed by atoms with Gasteiger partial charge in [-0.3, -0.25) is 9.88 Å². The van der Waals surface area contributed by atoms with Crippen molar-refractivity contribution in [2.45, 2.75) is 32.7 Å². The van der Waals surface area contributed by atoms with Crippen molar-refractivity contribution in [3.63, 3.8) is 0 Å². The van der Waals surface area contributed by atoms with Gasteiger partial charge in [-0.1, -0.05) is 5.16 Å². The summed E-state index contributed by atoms with van der Waals surface area (Å²) in [7, 11) is 0. The topological polar surface area (TPSA) is 64.3 Å². The van der Waals surface area contributed by atoms with E-state index in [1.54, 1.807) is 0 Å². The van der Waals surface area contributed by atoms with Gasteiger partial charge in [-0.15, -0.1) is 0 Å². The van der Waals surface area contributed by atoms with E-state index in [1.807, 2.05) is 19.3 Å². The molecule has 2 aromatic rings. The lowest BCUT2D eigenvalue weighted by molar-refractivity contribution is -0.0202. The van der Waals surface area contributed by atoms with Gasteiger partial charge in [0, 0.05) is 18.9 Å². The molecule has 0 spiro atoms. The Morgan fingerprint density at radius 2 is 2.27 bits per heavy atom. The Bertz CT molecular complexity index is 614. The van der Waals surface area contributed by atoms with E-state index >= 15 is 0 Å². The highest BCUT2D eigenvalue weighted by atomic mass is 16.5. The molecule has 2 aromatic heterocycles. The van der Waals surface area contributed by atoms with Gasteiger partial charge in [0.05, 0.1) is 13.2 Å². The van der Waals surface area contributed by atoms with Crippen molar-refractivity contribution in [3.8, 4) is 0 Å². The summed E-state index contributed by atoms with van der Waals surface area (Å²) in [6.07, 6.45) is 5.92. The van der Waals surface area contributed by atoms with E-state index in [0.717, 1.165) is 32.5 Å². The van der Waals surface area contributed by atoms with Gasteiger partial charge >= 0.3 is 0 Å². The number of nitrogens with zero attached hydrogens (tertiary/aromatic N) is 4. The molecule has 1 unspecified atom stereocenters. The highest BCUT2D eigenvalue weighted by Crippen LogP contribution is 2.23. The molecule has 0 amide bonds. The molecule has 0 bridgehead atoms. The fourth-order valence-corrected chi connectivity index (χ4v) is 2.81. The first-order valence-electron chi connectivity index (χ1n) is 7.75. The minimum absolute atomic E-state index is 0.0740. The molecule has 1 fully saturated rings. The molecule has 1 aliphatic heterocycles. The third-order valence-electron chi connectivity index (χ3n) is 4.11. The summed E-state index contributed by atoms with van der Waals surface area (Å²) in [6, 6.07) is 2.14. The van der Waals surface area contributed by atoms with Crippen LogP contribution in [0.25, 0.3) is 0 Å². The molecule has 6 nitrogen and oxygen atoms in total. The van der Waals surface area contributed by atoms with Crippen LogP contribution in [0.5, 0.6) is 0 Å². The number of ether oxygens (including phenoxy) is 1. The fraction of sp³-hybridized carbons (Fsp3) is 0.562. The van der Waals surface area contributed by atoms with Gasteiger partial charge in [0.2, 0.25) is 5.89 Å². The van der Waals surface area contributed by atoms with Crippen LogP contribution in [-0.2, 0) is 11.2 Å². The van der Waals surface area contributed by atoms with Crippen LogP contribution in [0, 0.1) is 13.8 Å². The second kappa shape index (κ2) is 6.98. The molecule has 0 aliphatic carbocycles. The van der Waals surface area contributed by atoms with Crippen LogP contribution in [-0.4, -0.2) is 46.3 Å². The van der Waals surface area contributed by atoms with Crippen LogP contribution in [0.2, 0.25) is 0 Å². The van der Waals surface area contributed by atoms with E-state index in [4.69, 9.17) is 9.26 Å². The van der Waals surface area contributed by atoms with Gasteiger partial charge in [0.1, 0.15) is 6.04 Å². The first-order valence-corrected chi connectivity index (χ1v) is 7.75. The predicted octanol–water partition coefficient (Wildman–Crippen LogP) is 2.09. The minimum atomic E-state index is 0.0740. The third kappa shape index (κ3) is 3.51. The third-order valence-corrected chi connectivity index (χ3v) is 4.11. The number of aromatic nitrogens is 3. The lowest BCUT2D eigenvalue weighted by Crippen LogP contribution is -2.40. The molecule has 3 rings (SSSR count). The number of hydrogen-bond acceptors (Lipinski definition) is 6. The van der Waals surface area contributed by atoms with Crippen molar-refractivity contribution in [3.05, 3.63) is 41.3 Å². The molecule has 22 heavy (non-hydrogen) atoms. The number of rotatable bonds is 5. The molecule has 0 aromatic carbocycles. The SMILES string of the molecule is Cc1noc(C2COCCN2CCCc2cnccc2C)n1. The van der Waals surface area contributed by atoms with Crippen molar-refractivity contribution < 1.29 is 9.26 Å². The Morgan fingerprint density at radius 1 is 1.36 bits per heavy atom. The lowest BCUT2D eigenvalue weighted by Gasteiger charge is -2.33. The summed E-state index contributed by atoms with van der Waals surface area (Å²) < 4.78 is 10.9. The van der Waals surface area contributed by atoms with E-state index in [2.05, 4.69) is 33.0 Å². The summed E-state index contributed by atoms with van der Waals surface area (Å²) in [5, 5.41) is 3.89. The summed E-state index contributed by atoms with van der Waals surface area (Å²) in [5.74, 6) is 1.33. The molecule has 0 N–H and O–H groups in total. The highest BCUT2D eigenvalue weighted by Gasteiger charge is 2.28. The monoisotopic (exact) mass is 302 g/mol. The fourth-order valence-electron chi connectivity index (χ4n) is 2.81. The summed E-state index contributed by atoms with van der Waals surface area (Å²) in [4.78, 5) is 10.9. The largest absolute Gasteiger partial charge is 0.378 e. The van der Waals surface area contributed by atoms with Crippen LogP contribution in [0.1, 0.15) is 35.3 Å². The maximum absolute atomic E-state index is 5.58. The van der Waals surface area contributed by atoms with Gasteiger partial charge in [-0.25, -0.2) is 0 Å². The van der Waals surface area contributed by atoms with Crippen LogP contribution < -0.4 is 0 Å². The van der Waals surface area contributed by atoms with E-state index in [9.17, 15) is 0 Å². The normalized spacial score (nSPS) is 19.5. The van der Waals surface area contributed by atoms with Crippen molar-refractivity contribution >= 4 is 0 Å². The summed E-state index contributed by atoms with van der Waals surface area (Å²) in [6.45, 7) is 7.24. The molecule has 6 heteroatoms. The second-order valence-electron chi connectivity index (χ2n) is 5.71. The van der Waals surface area contributed by atoms with Gasteiger partial charge in [-0.05, 0) is 50.4 Å². The molecule has 3 heterocycles. The first-order chi connectivity index (χ1) is 10.7. The van der Waals surface area contributed by atoms with E-state index in [1.165, 1.54) is 11.1 Å². The Labute approximate surface area is 130 Å². The molecular weight excluding hydrogens is 280 g/mol. The van der Waals surface area contributed by atoms with Gasteiger partial charge in [-0.2, -0.15) is 4.98 Å². The summed E-state index contributed by atoms with van der Waals surface area (Å²) in [5.41, 5.74) is 2.63. The molecule has 1 aliphatic rings. The molecule has 118 valence electrons. The maximum atomic E-state index is 5.58. The quantitative estimate of drug-likeness (QED) is 0.842. The highest BCUT2D eigenvalue weighted by molar-refractivity contribution is 5.21. The van der Waals surface area contributed by atoms with Crippen LogP contribution >= 0.6 is 0 Å². The maximum Gasteiger partial charge on any atom is 0.246 e. The molecular formula is C16H22N4O2. The van der Waals surface area contributed by atoms with Crippen molar-refractivity contribution in [2.75, 3.05) is 26.3 Å². The Morgan fingerprint density at radius 3 is 3.05 bits per heavy atom. The Kier molecular flexibility index (Phi) is 4.80. The van der Waals surface area contributed by atoms with Gasteiger partial charge in [0.25, 0.3) is 0 Å². The zero-order chi connectivity index (χ0) is 15.4. The smallest absolute Gasteiger partial charge is 0.246 e. The standard InChI is InChI=1S/C16H22N4O2/c1-12-5-6-17-10-14(12)4-3-7-20-8-9-21-11-15(20)16-18-13(2)19-22-16/h5-6,10,15H,3-4,7-9,11H2,1-2H3. The van der Waals surface area contributed by atoms with Gasteiger partial charge in [0.15, 0.2) is 5.82 Å². The Balaban J connectivity index is 1.59. The number of hydrogen-bond donors (Lipinski definition) is 0. The Hall–Kier alpha value is -1.79. The number of aryl methyl sites for hydroxylation is 3. The average Bonchev–Trinajstić information content (AvgIpc) is 2.96. The first kappa shape index (κ1) is 15.1. The van der Waals surface area contributed by atoms with E-state index in [0.29, 0.717) is 18.3 Å². The van der Waals surface area contributed by atoms with E-state index in [-0.39, 0.29) is 6.04 Å². The van der Waals surface area contributed by atoms with Crippen LogP contribution in [0.3, 0.4) is 0 Å². The lowest BCUT2D eigenvalue weighted by atomic mass is 10.1. The minimum Gasteiger partial charge on any atom is -0.378 e. The average molecular weight is 302 g/mol. The number of pyridine rings is 1. The van der Waals surface area contributed by atoms with E-state index < -0.39 is 0 Å². The molecule has 1 saturated heterocycles. The van der Waals surface area contributed by atoms with Crippen LogP contribution in [0.4, 0.5) is 0 Å². The van der Waals surface area contributed by atoms with Crippen molar-refractivity contribution in [1.29, 1.82) is 0 Å². The molecule has 1 atom stereocenters. The molecule has 0 radical (unpaired) electrons. The zero-order valence-electron chi connectivity index (χ0n) is 13.2. The zero-order valence-corrected chi connectivity index (χ0v) is 13.2. The predicted molar refractivity (Wildman–Crippen MR) is 81.5 cm³/mol. The van der Waals surface area contributed by atoms with Gasteiger partial charge < -0.3 is 9.26 Å². The van der Waals surface area contributed by atoms with Crippen molar-refractivity contribution in [1.82, 2.24) is 20.0 Å². The van der Waals surface area contributed by atoms with Crippen LogP contribution in [0.15, 0.2) is 23.0 Å². The van der Waals surface area contributed by atoms with Crippen molar-refractivity contribution in [2.24, 2.45) is 0 Å². The molecule has 0 saturated carbocycles. The number of morpholine rings is 1. The second-order valence-corrected chi connectivity index (χ2v) is 5.71. The summed E-state index contributed by atoms with van der Waals surface area (Å²) >= 11 is 0.